The van der Waals surface area contributed by atoms with E-state index >= 15 is 0 Å². The summed E-state index contributed by atoms with van der Waals surface area (Å²) >= 11 is 0. The molecule has 0 bridgehead atoms. The Bertz CT molecular complexity index is 1270. The van der Waals surface area contributed by atoms with Crippen LogP contribution in [0.3, 0.4) is 0 Å². The Morgan fingerprint density at radius 3 is 2.47 bits per heavy atom. The third-order valence-electron chi connectivity index (χ3n) is 10.4. The molecule has 6 rings (SSSR count). The lowest BCUT2D eigenvalue weighted by Gasteiger charge is -2.47. The molecule has 0 radical (unpaired) electrons. The van der Waals surface area contributed by atoms with Crippen LogP contribution in [0.25, 0.3) is 0 Å². The molecule has 10 heteroatoms. The number of alkyl halides is 3. The van der Waals surface area contributed by atoms with Gasteiger partial charge in [-0.25, -0.2) is 0 Å². The molecule has 2 aromatic rings. The molecular weight excluding hydrogens is 559 g/mol. The van der Waals surface area contributed by atoms with Gasteiger partial charge in [0, 0.05) is 18.7 Å². The predicted octanol–water partition coefficient (Wildman–Crippen LogP) is 2.93. The molecule has 234 valence electrons. The van der Waals surface area contributed by atoms with E-state index in [4.69, 9.17) is 14.6 Å². The zero-order valence-electron chi connectivity index (χ0n) is 24.8. The first kappa shape index (κ1) is 31.3. The Kier molecular flexibility index (Phi) is 9.63. The molecule has 4 atom stereocenters. The second-order valence-electron chi connectivity index (χ2n) is 12.6. The highest BCUT2D eigenvalue weighted by Crippen LogP contribution is 2.47. The Hall–Kier alpha value is -3.14. The van der Waals surface area contributed by atoms with Crippen LogP contribution in [0.4, 0.5) is 13.2 Å². The number of pyridine rings is 1. The number of carbonyl (C=O) groups is 2. The van der Waals surface area contributed by atoms with Crippen LogP contribution < -0.4 is 20.1 Å². The number of aromatic amines is 1. The van der Waals surface area contributed by atoms with Gasteiger partial charge in [-0.2, -0.15) is 18.2 Å². The number of H-pyrrole nitrogens is 1. The SMILES string of the molecule is COc1[nH+]ccc2c1CCC[C@]21C[NH2+]C[C@H]1C(=O)N1CC[C@@H](c2ccccc2)C[C@H]1C1CCCCC1.O=C([O-])C(F)(F)F. The minimum Gasteiger partial charge on any atom is -0.542 e. The van der Waals surface area contributed by atoms with E-state index in [0.717, 1.165) is 57.6 Å². The number of nitrogens with one attached hydrogen (secondary N) is 1. The van der Waals surface area contributed by atoms with Crippen molar-refractivity contribution in [3.05, 3.63) is 59.3 Å². The van der Waals surface area contributed by atoms with E-state index in [-0.39, 0.29) is 11.3 Å². The summed E-state index contributed by atoms with van der Waals surface area (Å²) in [7, 11) is 1.75. The summed E-state index contributed by atoms with van der Waals surface area (Å²) in [5, 5.41) is 11.2. The van der Waals surface area contributed by atoms with Gasteiger partial charge in [-0.3, -0.25) is 4.79 Å². The predicted molar refractivity (Wildman–Crippen MR) is 151 cm³/mol. The summed E-state index contributed by atoms with van der Waals surface area (Å²) < 4.78 is 37.3. The third-order valence-corrected chi connectivity index (χ3v) is 10.4. The first-order chi connectivity index (χ1) is 20.7. The maximum Gasteiger partial charge on any atom is 0.430 e. The molecule has 3 fully saturated rings. The minimum absolute atomic E-state index is 0.0584. The molecule has 3 N–H and O–H groups in total. The number of aromatic nitrogens is 1. The Balaban J connectivity index is 0.000000472. The fourth-order valence-electron chi connectivity index (χ4n) is 8.37. The van der Waals surface area contributed by atoms with Gasteiger partial charge in [-0.05, 0) is 67.9 Å². The van der Waals surface area contributed by atoms with E-state index in [2.05, 4.69) is 51.6 Å². The van der Waals surface area contributed by atoms with Gasteiger partial charge in [0.05, 0.1) is 31.2 Å². The monoisotopic (exact) mass is 602 g/mol. The Labute approximate surface area is 251 Å². The number of nitrogens with two attached hydrogens (primary N) is 1. The average molecular weight is 603 g/mol. The number of carboxylic acids is 1. The number of methoxy groups -OCH3 is 1. The van der Waals surface area contributed by atoms with E-state index < -0.39 is 12.1 Å². The fourth-order valence-corrected chi connectivity index (χ4v) is 8.37. The number of likely N-dealkylation sites (tertiary alicyclic amines) is 1. The largest absolute Gasteiger partial charge is 0.542 e. The number of nitrogens with zero attached hydrogens (tertiary/aromatic N) is 1. The van der Waals surface area contributed by atoms with Gasteiger partial charge in [-0.1, -0.05) is 49.6 Å². The van der Waals surface area contributed by atoms with Crippen molar-refractivity contribution in [2.75, 3.05) is 26.7 Å². The molecule has 2 aliphatic carbocycles. The fraction of sp³-hybridized carbons (Fsp3) is 0.606. The van der Waals surface area contributed by atoms with E-state index in [1.807, 2.05) is 6.20 Å². The highest BCUT2D eigenvalue weighted by Gasteiger charge is 2.56. The summed E-state index contributed by atoms with van der Waals surface area (Å²) in [5.41, 5.74) is 4.05. The van der Waals surface area contributed by atoms with Gasteiger partial charge in [-0.15, -0.1) is 0 Å². The molecular formula is C33H43F3N3O4+. The van der Waals surface area contributed by atoms with E-state index in [0.29, 0.717) is 23.8 Å². The van der Waals surface area contributed by atoms with Gasteiger partial charge in [0.1, 0.15) is 11.9 Å². The van der Waals surface area contributed by atoms with Crippen molar-refractivity contribution < 1.29 is 42.9 Å². The van der Waals surface area contributed by atoms with Crippen molar-refractivity contribution in [1.82, 2.24) is 4.90 Å². The van der Waals surface area contributed by atoms with Gasteiger partial charge in [0.2, 0.25) is 5.91 Å². The molecule has 1 spiro atoms. The van der Waals surface area contributed by atoms with Crippen LogP contribution in [0.15, 0.2) is 42.6 Å². The maximum absolute atomic E-state index is 14.6. The second-order valence-corrected chi connectivity index (χ2v) is 12.6. The van der Waals surface area contributed by atoms with Crippen molar-refractivity contribution >= 4 is 11.9 Å². The smallest absolute Gasteiger partial charge is 0.430 e. The number of carbonyl (C=O) groups excluding carboxylic acids is 2. The first-order valence-corrected chi connectivity index (χ1v) is 15.7. The Morgan fingerprint density at radius 2 is 1.79 bits per heavy atom. The molecule has 3 heterocycles. The standard InChI is InChI=1S/C31H41N3O2.C2HF3O2/c1-36-29-25-13-8-16-31(26(25)14-17-33-29)21-32-20-27(31)30(35)34-18-15-24(22-9-4-2-5-10-22)19-28(34)23-11-6-3-7-12-23;3-2(4,5)1(6)7/h2,4-5,9-10,14,17,23-24,27-28,32H,3,6-8,11-13,15-16,18-21H2,1H3;(H,6,7)/p+1/t24-,27+,28+,31+;/m1./s1. The lowest BCUT2D eigenvalue weighted by Crippen LogP contribution is -2.82. The number of piperidine rings is 1. The van der Waals surface area contributed by atoms with Crippen LogP contribution in [0.5, 0.6) is 5.88 Å². The van der Waals surface area contributed by atoms with Crippen molar-refractivity contribution in [3.8, 4) is 5.88 Å². The molecule has 1 aromatic heterocycles. The molecule has 0 unspecified atom stereocenters. The van der Waals surface area contributed by atoms with Crippen LogP contribution in [-0.4, -0.2) is 55.7 Å². The highest BCUT2D eigenvalue weighted by atomic mass is 19.4. The van der Waals surface area contributed by atoms with Gasteiger partial charge >= 0.3 is 12.1 Å². The molecule has 1 amide bonds. The number of halogens is 3. The second kappa shape index (κ2) is 13.2. The van der Waals surface area contributed by atoms with Gasteiger partial charge in [0.25, 0.3) is 0 Å². The van der Waals surface area contributed by atoms with Crippen LogP contribution in [-0.2, 0) is 21.4 Å². The number of hydrogen-bond donors (Lipinski definition) is 1. The summed E-state index contributed by atoms with van der Waals surface area (Å²) in [6.45, 7) is 2.83. The number of hydrogen-bond acceptors (Lipinski definition) is 4. The summed E-state index contributed by atoms with van der Waals surface area (Å²) in [6, 6.07) is 13.7. The van der Waals surface area contributed by atoms with E-state index in [9.17, 15) is 18.0 Å². The van der Waals surface area contributed by atoms with Crippen LogP contribution in [0.1, 0.15) is 80.4 Å². The topological polar surface area (TPSA) is 100 Å². The number of aliphatic carboxylic acids is 1. The van der Waals surface area contributed by atoms with Crippen molar-refractivity contribution in [2.24, 2.45) is 11.8 Å². The van der Waals surface area contributed by atoms with Crippen LogP contribution in [0, 0.1) is 11.8 Å². The number of fused-ring (bicyclic) bond motifs is 2. The normalized spacial score (nSPS) is 27.6. The molecule has 7 nitrogen and oxygen atoms in total. The lowest BCUT2D eigenvalue weighted by molar-refractivity contribution is -0.640. The molecule has 2 saturated heterocycles. The first-order valence-electron chi connectivity index (χ1n) is 15.7. The summed E-state index contributed by atoms with van der Waals surface area (Å²) in [5.74, 6) is -0.403. The quantitative estimate of drug-likeness (QED) is 0.582. The Morgan fingerprint density at radius 1 is 1.07 bits per heavy atom. The molecule has 43 heavy (non-hydrogen) atoms. The summed E-state index contributed by atoms with van der Waals surface area (Å²) in [4.78, 5) is 29.1. The highest BCUT2D eigenvalue weighted by molar-refractivity contribution is 5.82. The molecule has 1 saturated carbocycles. The number of benzene rings is 1. The zero-order chi connectivity index (χ0) is 30.6. The number of carboxylic acid groups (broad SMARTS) is 1. The lowest BCUT2D eigenvalue weighted by atomic mass is 9.64. The number of quaternary nitrogens is 1. The minimum atomic E-state index is -5.19. The molecule has 1 aromatic carbocycles. The third kappa shape index (κ3) is 6.54. The van der Waals surface area contributed by atoms with Crippen molar-refractivity contribution in [1.29, 1.82) is 0 Å². The number of amides is 1. The van der Waals surface area contributed by atoms with Crippen LogP contribution >= 0.6 is 0 Å². The maximum atomic E-state index is 14.6. The molecule has 2 aliphatic heterocycles. The van der Waals surface area contributed by atoms with Crippen molar-refractivity contribution in [3.63, 3.8) is 0 Å². The number of rotatable bonds is 4. The van der Waals surface area contributed by atoms with E-state index in [1.165, 1.54) is 48.8 Å². The van der Waals surface area contributed by atoms with Gasteiger partial charge < -0.3 is 24.9 Å². The average Bonchev–Trinajstić information content (AvgIpc) is 3.44. The van der Waals surface area contributed by atoms with Crippen molar-refractivity contribution in [2.45, 2.75) is 87.8 Å². The molecule has 4 aliphatic rings. The van der Waals surface area contributed by atoms with Gasteiger partial charge in [0.15, 0.2) is 6.20 Å². The summed E-state index contributed by atoms with van der Waals surface area (Å²) in [6.07, 6.45) is 8.87. The van der Waals surface area contributed by atoms with Crippen LogP contribution in [0.2, 0.25) is 0 Å². The number of ether oxygens (including phenoxy) is 1. The zero-order valence-corrected chi connectivity index (χ0v) is 24.8. The van der Waals surface area contributed by atoms with E-state index in [1.54, 1.807) is 7.11 Å².